The van der Waals surface area contributed by atoms with Crippen molar-refractivity contribution in [2.45, 2.75) is 25.7 Å². The van der Waals surface area contributed by atoms with Crippen molar-refractivity contribution in [2.75, 3.05) is 14.2 Å². The molecule has 1 N–H and O–H groups in total. The fourth-order valence-electron chi connectivity index (χ4n) is 1.77. The molecule has 1 aromatic rings. The summed E-state index contributed by atoms with van der Waals surface area (Å²) in [5.41, 5.74) is -0.363. The number of carbonyl (C=O) groups is 1. The first kappa shape index (κ1) is 15.2. The predicted octanol–water partition coefficient (Wildman–Crippen LogP) is 3.00. The highest BCUT2D eigenvalue weighted by molar-refractivity contribution is 5.77. The standard InChI is InChI=1S/C13H16F2O4/c1-7(12(16)17)8-5-10(18-3)11(19-4)6-9(8)13(2,14)15/h5-7H,1-4H3,(H,16,17). The largest absolute Gasteiger partial charge is 0.493 e. The maximum atomic E-state index is 13.6. The molecule has 19 heavy (non-hydrogen) atoms. The van der Waals surface area contributed by atoms with E-state index < -0.39 is 17.8 Å². The first-order valence-corrected chi connectivity index (χ1v) is 5.59. The van der Waals surface area contributed by atoms with Crippen molar-refractivity contribution in [1.82, 2.24) is 0 Å². The summed E-state index contributed by atoms with van der Waals surface area (Å²) < 4.78 is 37.2. The van der Waals surface area contributed by atoms with E-state index in [4.69, 9.17) is 14.6 Å². The Hall–Kier alpha value is -1.85. The molecule has 0 radical (unpaired) electrons. The average molecular weight is 274 g/mol. The zero-order valence-electron chi connectivity index (χ0n) is 11.2. The second kappa shape index (κ2) is 5.42. The van der Waals surface area contributed by atoms with Crippen molar-refractivity contribution in [1.29, 1.82) is 0 Å². The molecule has 1 aromatic carbocycles. The quantitative estimate of drug-likeness (QED) is 0.896. The van der Waals surface area contributed by atoms with Gasteiger partial charge in [-0.3, -0.25) is 4.79 Å². The second-order valence-corrected chi connectivity index (χ2v) is 4.24. The summed E-state index contributed by atoms with van der Waals surface area (Å²) in [5, 5.41) is 9.00. The minimum atomic E-state index is -3.17. The molecule has 0 bridgehead atoms. The van der Waals surface area contributed by atoms with Gasteiger partial charge in [0.25, 0.3) is 5.92 Å². The molecule has 106 valence electrons. The van der Waals surface area contributed by atoms with E-state index in [0.717, 1.165) is 6.07 Å². The van der Waals surface area contributed by atoms with Crippen LogP contribution >= 0.6 is 0 Å². The molecule has 1 atom stereocenters. The Morgan fingerprint density at radius 2 is 1.74 bits per heavy atom. The van der Waals surface area contributed by atoms with Crippen LogP contribution in [-0.4, -0.2) is 25.3 Å². The molecule has 0 heterocycles. The van der Waals surface area contributed by atoms with Crippen molar-refractivity contribution in [2.24, 2.45) is 0 Å². The van der Waals surface area contributed by atoms with Gasteiger partial charge in [-0.25, -0.2) is 8.78 Å². The van der Waals surface area contributed by atoms with Crippen molar-refractivity contribution >= 4 is 5.97 Å². The molecule has 0 aliphatic heterocycles. The lowest BCUT2D eigenvalue weighted by atomic mass is 9.92. The van der Waals surface area contributed by atoms with E-state index in [2.05, 4.69) is 0 Å². The molecule has 1 unspecified atom stereocenters. The molecule has 0 spiro atoms. The number of hydrogen-bond donors (Lipinski definition) is 1. The van der Waals surface area contributed by atoms with E-state index in [1.165, 1.54) is 27.2 Å². The Kier molecular flexibility index (Phi) is 4.34. The Balaban J connectivity index is 3.53. The van der Waals surface area contributed by atoms with E-state index in [1.807, 2.05) is 0 Å². The SMILES string of the molecule is COc1cc(C(C)C(=O)O)c(C(C)(F)F)cc1OC. The molecule has 0 saturated carbocycles. The summed E-state index contributed by atoms with van der Waals surface area (Å²) in [6.45, 7) is 2.06. The third kappa shape index (κ3) is 3.13. The first-order chi connectivity index (χ1) is 8.72. The van der Waals surface area contributed by atoms with Gasteiger partial charge in [0.05, 0.1) is 20.1 Å². The lowest BCUT2D eigenvalue weighted by molar-refractivity contribution is -0.138. The number of ether oxygens (including phenoxy) is 2. The topological polar surface area (TPSA) is 55.8 Å². The van der Waals surface area contributed by atoms with Crippen LogP contribution in [0.1, 0.15) is 30.9 Å². The maximum Gasteiger partial charge on any atom is 0.310 e. The summed E-state index contributed by atoms with van der Waals surface area (Å²) in [7, 11) is 2.69. The van der Waals surface area contributed by atoms with Crippen LogP contribution in [0.3, 0.4) is 0 Å². The highest BCUT2D eigenvalue weighted by Crippen LogP contribution is 2.40. The highest BCUT2D eigenvalue weighted by atomic mass is 19.3. The normalized spacial score (nSPS) is 12.9. The maximum absolute atomic E-state index is 13.6. The zero-order valence-corrected chi connectivity index (χ0v) is 11.2. The number of benzene rings is 1. The van der Waals surface area contributed by atoms with Gasteiger partial charge in [-0.05, 0) is 24.6 Å². The van der Waals surface area contributed by atoms with Crippen LogP contribution in [0.4, 0.5) is 8.78 Å². The number of methoxy groups -OCH3 is 2. The minimum absolute atomic E-state index is 0.0117. The smallest absolute Gasteiger partial charge is 0.310 e. The van der Waals surface area contributed by atoms with Crippen molar-refractivity contribution in [3.8, 4) is 11.5 Å². The average Bonchev–Trinajstić information content (AvgIpc) is 2.34. The van der Waals surface area contributed by atoms with Gasteiger partial charge in [-0.1, -0.05) is 0 Å². The minimum Gasteiger partial charge on any atom is -0.493 e. The van der Waals surface area contributed by atoms with Crippen molar-refractivity contribution in [3.05, 3.63) is 23.3 Å². The van der Waals surface area contributed by atoms with E-state index in [0.29, 0.717) is 6.92 Å². The number of alkyl halides is 2. The zero-order chi connectivity index (χ0) is 14.8. The number of carboxylic acid groups (broad SMARTS) is 1. The summed E-state index contributed by atoms with van der Waals surface area (Å²) in [4.78, 5) is 11.0. The van der Waals surface area contributed by atoms with E-state index in [1.54, 1.807) is 0 Å². The molecule has 1 rings (SSSR count). The molecular formula is C13H16F2O4. The highest BCUT2D eigenvalue weighted by Gasteiger charge is 2.33. The summed E-state index contributed by atoms with van der Waals surface area (Å²) in [6, 6.07) is 2.40. The Labute approximate surface area is 109 Å². The number of aliphatic carboxylic acids is 1. The number of rotatable bonds is 5. The molecule has 0 aliphatic rings. The predicted molar refractivity (Wildman–Crippen MR) is 65.2 cm³/mol. The van der Waals surface area contributed by atoms with Gasteiger partial charge in [0.15, 0.2) is 11.5 Å². The van der Waals surface area contributed by atoms with Gasteiger partial charge < -0.3 is 14.6 Å². The first-order valence-electron chi connectivity index (χ1n) is 5.59. The van der Waals surface area contributed by atoms with E-state index >= 15 is 0 Å². The Morgan fingerprint density at radius 3 is 2.11 bits per heavy atom. The third-order valence-electron chi connectivity index (χ3n) is 2.87. The van der Waals surface area contributed by atoms with Crippen LogP contribution < -0.4 is 9.47 Å². The van der Waals surface area contributed by atoms with Crippen LogP contribution in [0, 0.1) is 0 Å². The third-order valence-corrected chi connectivity index (χ3v) is 2.87. The molecule has 0 saturated heterocycles. The van der Waals surface area contributed by atoms with E-state index in [-0.39, 0.29) is 22.6 Å². The lowest BCUT2D eigenvalue weighted by Crippen LogP contribution is -2.17. The van der Waals surface area contributed by atoms with Crippen LogP contribution in [0.5, 0.6) is 11.5 Å². The molecule has 0 aromatic heterocycles. The molecule has 0 fully saturated rings. The van der Waals surface area contributed by atoms with Crippen LogP contribution in [0.25, 0.3) is 0 Å². The second-order valence-electron chi connectivity index (χ2n) is 4.24. The Morgan fingerprint density at radius 1 is 1.26 bits per heavy atom. The molecule has 0 aliphatic carbocycles. The number of hydrogen-bond acceptors (Lipinski definition) is 3. The Bertz CT molecular complexity index is 480. The van der Waals surface area contributed by atoms with Gasteiger partial charge in [0.1, 0.15) is 0 Å². The van der Waals surface area contributed by atoms with Crippen molar-refractivity contribution < 1.29 is 28.2 Å². The van der Waals surface area contributed by atoms with Gasteiger partial charge in [-0.2, -0.15) is 0 Å². The monoisotopic (exact) mass is 274 g/mol. The molecule has 4 nitrogen and oxygen atoms in total. The molecule has 6 heteroatoms. The number of carboxylic acids is 1. The molecular weight excluding hydrogens is 258 g/mol. The fraction of sp³-hybridized carbons (Fsp3) is 0.462. The van der Waals surface area contributed by atoms with E-state index in [9.17, 15) is 13.6 Å². The van der Waals surface area contributed by atoms with Gasteiger partial charge in [-0.15, -0.1) is 0 Å². The lowest BCUT2D eigenvalue weighted by Gasteiger charge is -2.21. The van der Waals surface area contributed by atoms with Crippen molar-refractivity contribution in [3.63, 3.8) is 0 Å². The summed E-state index contributed by atoms with van der Waals surface area (Å²) in [5.74, 6) is -5.06. The van der Waals surface area contributed by atoms with Crippen LogP contribution in [0.2, 0.25) is 0 Å². The van der Waals surface area contributed by atoms with Crippen LogP contribution in [-0.2, 0) is 10.7 Å². The van der Waals surface area contributed by atoms with Crippen LogP contribution in [0.15, 0.2) is 12.1 Å². The number of halogens is 2. The summed E-state index contributed by atoms with van der Waals surface area (Å²) in [6.07, 6.45) is 0. The van der Waals surface area contributed by atoms with Gasteiger partial charge in [0.2, 0.25) is 0 Å². The van der Waals surface area contributed by atoms with Gasteiger partial charge >= 0.3 is 5.97 Å². The summed E-state index contributed by atoms with van der Waals surface area (Å²) >= 11 is 0. The van der Waals surface area contributed by atoms with Gasteiger partial charge in [0, 0.05) is 12.5 Å². The molecule has 0 amide bonds. The fourth-order valence-corrected chi connectivity index (χ4v) is 1.77.